The van der Waals surface area contributed by atoms with Crippen LogP contribution in [0.15, 0.2) is 72.6 Å². The number of amides is 1. The maximum atomic E-state index is 13.9. The minimum absolute atomic E-state index is 0.0244. The molecule has 2 aliphatic rings. The van der Waals surface area contributed by atoms with E-state index in [9.17, 15) is 19.1 Å². The molecule has 1 amide bonds. The van der Waals surface area contributed by atoms with Crippen molar-refractivity contribution in [3.05, 3.63) is 95.1 Å². The van der Waals surface area contributed by atoms with Gasteiger partial charge in [-0.25, -0.2) is 4.39 Å². The van der Waals surface area contributed by atoms with Crippen molar-refractivity contribution in [1.82, 2.24) is 4.98 Å². The molecule has 3 heterocycles. The highest BCUT2D eigenvalue weighted by Crippen LogP contribution is 2.42. The van der Waals surface area contributed by atoms with Crippen LogP contribution in [0.5, 0.6) is 5.75 Å². The third-order valence-electron chi connectivity index (χ3n) is 5.70. The number of aliphatic hydroxyl groups is 1. The van der Waals surface area contributed by atoms with Crippen LogP contribution in [-0.2, 0) is 16.0 Å². The number of ether oxygens (including phenoxy) is 1. The first-order chi connectivity index (χ1) is 15.4. The topological polar surface area (TPSA) is 79.7 Å². The van der Waals surface area contributed by atoms with Crippen LogP contribution in [0.4, 0.5) is 10.1 Å². The number of anilines is 1. The van der Waals surface area contributed by atoms with Crippen molar-refractivity contribution in [3.8, 4) is 5.75 Å². The molecule has 0 bridgehead atoms. The van der Waals surface area contributed by atoms with Crippen LogP contribution in [0.3, 0.4) is 0 Å². The van der Waals surface area contributed by atoms with Gasteiger partial charge >= 0.3 is 0 Å². The van der Waals surface area contributed by atoms with E-state index < -0.39 is 23.5 Å². The number of carbonyl (C=O) groups is 2. The van der Waals surface area contributed by atoms with Crippen LogP contribution in [0.1, 0.15) is 29.7 Å². The summed E-state index contributed by atoms with van der Waals surface area (Å²) in [5.74, 6) is -1.78. The summed E-state index contributed by atoms with van der Waals surface area (Å²) in [5, 5.41) is 11.2. The number of rotatable bonds is 3. The van der Waals surface area contributed by atoms with Gasteiger partial charge in [0.15, 0.2) is 0 Å². The minimum atomic E-state index is -0.950. The number of carbonyl (C=O) groups excluding carboxylic acids is 2. The van der Waals surface area contributed by atoms with Gasteiger partial charge in [0, 0.05) is 30.1 Å². The van der Waals surface area contributed by atoms with Gasteiger partial charge in [-0.1, -0.05) is 12.1 Å². The monoisotopic (exact) mass is 430 g/mol. The molecular formula is C25H19FN2O4. The van der Waals surface area contributed by atoms with Gasteiger partial charge in [-0.05, 0) is 60.5 Å². The summed E-state index contributed by atoms with van der Waals surface area (Å²) >= 11 is 0. The molecule has 32 heavy (non-hydrogen) atoms. The fourth-order valence-corrected chi connectivity index (χ4v) is 4.30. The Morgan fingerprint density at radius 3 is 2.75 bits per heavy atom. The van der Waals surface area contributed by atoms with Crippen LogP contribution >= 0.6 is 0 Å². The van der Waals surface area contributed by atoms with Crippen molar-refractivity contribution in [2.24, 2.45) is 0 Å². The van der Waals surface area contributed by atoms with E-state index in [-0.39, 0.29) is 23.1 Å². The molecule has 1 aromatic heterocycles. The van der Waals surface area contributed by atoms with Crippen molar-refractivity contribution in [2.45, 2.75) is 25.5 Å². The lowest BCUT2D eigenvalue weighted by molar-refractivity contribution is -0.132. The third kappa shape index (κ3) is 3.22. The van der Waals surface area contributed by atoms with E-state index in [2.05, 4.69) is 4.98 Å². The Labute approximate surface area is 183 Å². The molecule has 6 nitrogen and oxygen atoms in total. The van der Waals surface area contributed by atoms with Crippen LogP contribution in [0.2, 0.25) is 0 Å². The largest absolute Gasteiger partial charge is 0.507 e. The maximum Gasteiger partial charge on any atom is 0.300 e. The molecule has 0 radical (unpaired) electrons. The molecule has 5 rings (SSSR count). The van der Waals surface area contributed by atoms with E-state index in [1.54, 1.807) is 42.6 Å². The molecule has 3 aromatic rings. The van der Waals surface area contributed by atoms with E-state index in [4.69, 9.17) is 4.74 Å². The number of nitrogens with zero attached hydrogens (tertiary/aromatic N) is 2. The van der Waals surface area contributed by atoms with Crippen LogP contribution in [-0.4, -0.2) is 27.9 Å². The van der Waals surface area contributed by atoms with Gasteiger partial charge in [-0.15, -0.1) is 0 Å². The van der Waals surface area contributed by atoms with E-state index in [1.807, 2.05) is 6.92 Å². The van der Waals surface area contributed by atoms with E-state index in [0.29, 0.717) is 17.5 Å². The van der Waals surface area contributed by atoms with E-state index >= 15 is 0 Å². The second-order valence-electron chi connectivity index (χ2n) is 7.89. The Morgan fingerprint density at radius 1 is 1.16 bits per heavy atom. The van der Waals surface area contributed by atoms with Crippen molar-refractivity contribution in [3.63, 3.8) is 0 Å². The molecule has 160 valence electrons. The zero-order valence-electron chi connectivity index (χ0n) is 17.2. The number of pyridine rings is 1. The standard InChI is InChI=1S/C25H19FN2O4/c1-14-10-17-11-15(7-8-20(17)32-14)23(29)21-22(16-4-3-9-27-13-16)28(25(31)24(21)30)19-6-2-5-18(26)12-19/h2-9,11-14,22,29H,10H2,1H3/b23-21-. The summed E-state index contributed by atoms with van der Waals surface area (Å²) in [7, 11) is 0. The zero-order valence-corrected chi connectivity index (χ0v) is 17.2. The van der Waals surface area contributed by atoms with Crippen LogP contribution < -0.4 is 9.64 Å². The molecule has 2 aliphatic heterocycles. The Kier molecular flexibility index (Phi) is 4.74. The first kappa shape index (κ1) is 19.9. The lowest BCUT2D eigenvalue weighted by Gasteiger charge is -2.25. The first-order valence-electron chi connectivity index (χ1n) is 10.2. The normalized spacial score (nSPS) is 21.5. The Bertz CT molecular complexity index is 1270. The lowest BCUT2D eigenvalue weighted by Crippen LogP contribution is -2.29. The maximum absolute atomic E-state index is 13.9. The highest BCUT2D eigenvalue weighted by Gasteiger charge is 2.47. The highest BCUT2D eigenvalue weighted by atomic mass is 19.1. The lowest BCUT2D eigenvalue weighted by atomic mass is 9.95. The Hall–Kier alpha value is -4.00. The van der Waals surface area contributed by atoms with Crippen LogP contribution in [0, 0.1) is 5.82 Å². The van der Waals surface area contributed by atoms with Gasteiger partial charge in [0.05, 0.1) is 11.6 Å². The zero-order chi connectivity index (χ0) is 22.4. The quantitative estimate of drug-likeness (QED) is 0.383. The summed E-state index contributed by atoms with van der Waals surface area (Å²) in [6.07, 6.45) is 3.80. The van der Waals surface area contributed by atoms with Gasteiger partial charge in [-0.2, -0.15) is 0 Å². The number of hydrogen-bond acceptors (Lipinski definition) is 5. The smallest absolute Gasteiger partial charge is 0.300 e. The number of fused-ring (bicyclic) bond motifs is 1. The molecule has 2 unspecified atom stereocenters. The fraction of sp³-hybridized carbons (Fsp3) is 0.160. The van der Waals surface area contributed by atoms with Crippen molar-refractivity contribution >= 4 is 23.1 Å². The van der Waals surface area contributed by atoms with Gasteiger partial charge < -0.3 is 9.84 Å². The summed E-state index contributed by atoms with van der Waals surface area (Å²) < 4.78 is 19.7. The van der Waals surface area contributed by atoms with Crippen molar-refractivity contribution < 1.29 is 23.8 Å². The average molecular weight is 430 g/mol. The second-order valence-corrected chi connectivity index (χ2v) is 7.89. The minimum Gasteiger partial charge on any atom is -0.507 e. The number of benzene rings is 2. The molecule has 1 saturated heterocycles. The predicted octanol–water partition coefficient (Wildman–Crippen LogP) is 4.17. The highest BCUT2D eigenvalue weighted by molar-refractivity contribution is 6.51. The first-order valence-corrected chi connectivity index (χ1v) is 10.2. The molecule has 7 heteroatoms. The molecule has 0 saturated carbocycles. The molecule has 0 aliphatic carbocycles. The molecular weight excluding hydrogens is 411 g/mol. The molecule has 0 spiro atoms. The van der Waals surface area contributed by atoms with Crippen LogP contribution in [0.25, 0.3) is 5.76 Å². The van der Waals surface area contributed by atoms with E-state index in [0.717, 1.165) is 11.3 Å². The van der Waals surface area contributed by atoms with Crippen molar-refractivity contribution in [1.29, 1.82) is 0 Å². The second kappa shape index (κ2) is 7.60. The summed E-state index contributed by atoms with van der Waals surface area (Å²) in [6, 6.07) is 13.1. The van der Waals surface area contributed by atoms with Gasteiger partial charge in [-0.3, -0.25) is 19.5 Å². The number of aliphatic hydroxyl groups excluding tert-OH is 1. The SMILES string of the molecule is CC1Cc2cc(/C(O)=C3/C(=O)C(=O)N(c4cccc(F)c4)C3c3cccnc3)ccc2O1. The molecule has 2 atom stereocenters. The van der Waals surface area contributed by atoms with Gasteiger partial charge in [0.2, 0.25) is 0 Å². The summed E-state index contributed by atoms with van der Waals surface area (Å²) in [5.41, 5.74) is 2.00. The number of halogens is 1. The molecule has 2 aromatic carbocycles. The van der Waals surface area contributed by atoms with Crippen molar-refractivity contribution in [2.75, 3.05) is 4.90 Å². The predicted molar refractivity (Wildman–Crippen MR) is 116 cm³/mol. The van der Waals surface area contributed by atoms with Gasteiger partial charge in [0.1, 0.15) is 23.4 Å². The fourth-order valence-electron chi connectivity index (χ4n) is 4.30. The molecule has 1 fully saturated rings. The summed E-state index contributed by atoms with van der Waals surface area (Å²) in [4.78, 5) is 31.5. The summed E-state index contributed by atoms with van der Waals surface area (Å²) in [6.45, 7) is 1.95. The number of Topliss-reactive ketones (excluding diaryl/α,β-unsaturated/α-hetero) is 1. The third-order valence-corrected chi connectivity index (χ3v) is 5.70. The average Bonchev–Trinajstić information content (AvgIpc) is 3.29. The Balaban J connectivity index is 1.69. The number of aromatic nitrogens is 1. The number of hydrogen-bond donors (Lipinski definition) is 1. The van der Waals surface area contributed by atoms with Gasteiger partial charge in [0.25, 0.3) is 11.7 Å². The number of ketones is 1. The molecule has 1 N–H and O–H groups in total. The Morgan fingerprint density at radius 2 is 2.00 bits per heavy atom. The van der Waals surface area contributed by atoms with E-state index in [1.165, 1.54) is 29.3 Å².